The molecular formula is C9H10N2O3. The van der Waals surface area contributed by atoms with Gasteiger partial charge >= 0.3 is 5.69 Å². The Morgan fingerprint density at radius 2 is 2.43 bits per heavy atom. The van der Waals surface area contributed by atoms with Gasteiger partial charge in [0.1, 0.15) is 5.76 Å². The first kappa shape index (κ1) is 8.96. The molecule has 2 aromatic rings. The lowest BCUT2D eigenvalue weighted by molar-refractivity contribution is 0.289. The average Bonchev–Trinajstić information content (AvgIpc) is 2.48. The normalized spacial score (nSPS) is 11.0. The van der Waals surface area contributed by atoms with E-state index < -0.39 is 0 Å². The van der Waals surface area contributed by atoms with Crippen molar-refractivity contribution in [3.8, 4) is 0 Å². The smallest absolute Gasteiger partial charge is 0.350 e. The number of aliphatic hydroxyl groups is 1. The van der Waals surface area contributed by atoms with Crippen molar-refractivity contribution in [2.24, 2.45) is 7.05 Å². The average molecular weight is 194 g/mol. The maximum absolute atomic E-state index is 11.1. The summed E-state index contributed by atoms with van der Waals surface area (Å²) in [5, 5.41) is 9.48. The molecule has 0 unspecified atom stereocenters. The second-order valence-corrected chi connectivity index (χ2v) is 3.08. The standard InChI is InChI=1S/C9H10N2O3/c1-11-5-6-4-7(2-3-12)14-8(6)10-9(11)13/h4-5,12H,2-3H2,1H3. The van der Waals surface area contributed by atoms with Crippen molar-refractivity contribution in [1.29, 1.82) is 0 Å². The van der Waals surface area contributed by atoms with Crippen LogP contribution in [0.25, 0.3) is 11.1 Å². The van der Waals surface area contributed by atoms with Crippen LogP contribution in [0.1, 0.15) is 5.76 Å². The monoisotopic (exact) mass is 194 g/mol. The van der Waals surface area contributed by atoms with Crippen LogP contribution in [-0.4, -0.2) is 21.3 Å². The van der Waals surface area contributed by atoms with E-state index in [2.05, 4.69) is 4.98 Å². The summed E-state index contributed by atoms with van der Waals surface area (Å²) >= 11 is 0. The van der Waals surface area contributed by atoms with E-state index in [1.165, 1.54) is 4.57 Å². The van der Waals surface area contributed by atoms with Gasteiger partial charge in [-0.25, -0.2) is 4.79 Å². The molecule has 5 nitrogen and oxygen atoms in total. The van der Waals surface area contributed by atoms with Crippen molar-refractivity contribution in [3.63, 3.8) is 0 Å². The molecule has 2 heterocycles. The van der Waals surface area contributed by atoms with Crippen molar-refractivity contribution >= 4 is 11.1 Å². The second kappa shape index (κ2) is 3.26. The van der Waals surface area contributed by atoms with E-state index in [9.17, 15) is 4.79 Å². The Morgan fingerprint density at radius 1 is 1.64 bits per heavy atom. The Kier molecular flexibility index (Phi) is 2.09. The first-order chi connectivity index (χ1) is 6.70. The maximum Gasteiger partial charge on any atom is 0.350 e. The summed E-state index contributed by atoms with van der Waals surface area (Å²) in [6.07, 6.45) is 2.10. The zero-order valence-electron chi connectivity index (χ0n) is 7.73. The third-order valence-electron chi connectivity index (χ3n) is 1.98. The Morgan fingerprint density at radius 3 is 3.14 bits per heavy atom. The van der Waals surface area contributed by atoms with Crippen LogP contribution >= 0.6 is 0 Å². The Hall–Kier alpha value is -1.62. The summed E-state index contributed by atoms with van der Waals surface area (Å²) in [4.78, 5) is 14.9. The number of furan rings is 1. The number of aromatic nitrogens is 2. The zero-order chi connectivity index (χ0) is 10.1. The minimum Gasteiger partial charge on any atom is -0.442 e. The molecule has 2 rings (SSSR count). The van der Waals surface area contributed by atoms with Gasteiger partial charge in [0.05, 0.1) is 12.0 Å². The maximum atomic E-state index is 11.1. The van der Waals surface area contributed by atoms with Crippen LogP contribution in [0.5, 0.6) is 0 Å². The molecule has 0 aliphatic rings. The number of aliphatic hydroxyl groups excluding tert-OH is 1. The van der Waals surface area contributed by atoms with Gasteiger partial charge in [0, 0.05) is 19.7 Å². The molecule has 0 aliphatic heterocycles. The van der Waals surface area contributed by atoms with Crippen LogP contribution in [0.2, 0.25) is 0 Å². The molecule has 14 heavy (non-hydrogen) atoms. The SMILES string of the molecule is Cn1cc2cc(CCO)oc2nc1=O. The summed E-state index contributed by atoms with van der Waals surface area (Å²) in [7, 11) is 1.63. The van der Waals surface area contributed by atoms with Gasteiger partial charge in [-0.2, -0.15) is 4.98 Å². The van der Waals surface area contributed by atoms with Crippen LogP contribution in [0.3, 0.4) is 0 Å². The van der Waals surface area contributed by atoms with Gasteiger partial charge in [-0.05, 0) is 6.07 Å². The highest BCUT2D eigenvalue weighted by molar-refractivity contribution is 5.72. The third kappa shape index (κ3) is 1.42. The van der Waals surface area contributed by atoms with Crippen LogP contribution in [0.4, 0.5) is 0 Å². The van der Waals surface area contributed by atoms with E-state index in [4.69, 9.17) is 9.52 Å². The molecule has 0 amide bonds. The van der Waals surface area contributed by atoms with Gasteiger partial charge in [-0.1, -0.05) is 0 Å². The predicted octanol–water partition coefficient (Wildman–Crippen LogP) is 0.0613. The molecule has 0 bridgehead atoms. The molecule has 1 N–H and O–H groups in total. The molecule has 0 saturated heterocycles. The quantitative estimate of drug-likeness (QED) is 0.734. The number of hydrogen-bond donors (Lipinski definition) is 1. The topological polar surface area (TPSA) is 68.3 Å². The highest BCUT2D eigenvalue weighted by atomic mass is 16.3. The summed E-state index contributed by atoms with van der Waals surface area (Å²) in [5.41, 5.74) is -0.0149. The van der Waals surface area contributed by atoms with Crippen molar-refractivity contribution in [2.75, 3.05) is 6.61 Å². The van der Waals surface area contributed by atoms with Gasteiger partial charge in [0.25, 0.3) is 0 Å². The number of hydrogen-bond acceptors (Lipinski definition) is 4. The van der Waals surface area contributed by atoms with Crippen LogP contribution in [0, 0.1) is 0 Å². The van der Waals surface area contributed by atoms with E-state index in [1.54, 1.807) is 19.3 Å². The van der Waals surface area contributed by atoms with Gasteiger partial charge in [-0.3, -0.25) is 0 Å². The molecule has 0 atom stereocenters. The molecule has 0 saturated carbocycles. The Labute approximate surface area is 79.6 Å². The zero-order valence-corrected chi connectivity index (χ0v) is 7.73. The van der Waals surface area contributed by atoms with Gasteiger partial charge in [0.2, 0.25) is 5.71 Å². The lowest BCUT2D eigenvalue weighted by atomic mass is 10.3. The summed E-state index contributed by atoms with van der Waals surface area (Å²) in [6, 6.07) is 1.78. The highest BCUT2D eigenvalue weighted by Crippen LogP contribution is 2.15. The van der Waals surface area contributed by atoms with Crippen LogP contribution < -0.4 is 5.69 Å². The fourth-order valence-electron chi connectivity index (χ4n) is 1.29. The number of fused-ring (bicyclic) bond motifs is 1. The van der Waals surface area contributed by atoms with Crippen molar-refractivity contribution in [2.45, 2.75) is 6.42 Å². The molecule has 0 fully saturated rings. The lowest BCUT2D eigenvalue weighted by Gasteiger charge is -1.92. The minimum absolute atomic E-state index is 0.0240. The Balaban J connectivity index is 2.60. The molecule has 0 spiro atoms. The largest absolute Gasteiger partial charge is 0.442 e. The molecule has 0 aromatic carbocycles. The second-order valence-electron chi connectivity index (χ2n) is 3.08. The fraction of sp³-hybridized carbons (Fsp3) is 0.333. The summed E-state index contributed by atoms with van der Waals surface area (Å²) in [6.45, 7) is 0.0240. The summed E-state index contributed by atoms with van der Waals surface area (Å²) in [5.74, 6) is 0.639. The number of rotatable bonds is 2. The van der Waals surface area contributed by atoms with E-state index in [0.29, 0.717) is 17.9 Å². The third-order valence-corrected chi connectivity index (χ3v) is 1.98. The van der Waals surface area contributed by atoms with Gasteiger partial charge in [0.15, 0.2) is 0 Å². The van der Waals surface area contributed by atoms with Crippen molar-refractivity contribution < 1.29 is 9.52 Å². The molecular weight excluding hydrogens is 184 g/mol. The first-order valence-corrected chi connectivity index (χ1v) is 4.27. The lowest BCUT2D eigenvalue weighted by Crippen LogP contribution is -2.18. The number of aryl methyl sites for hydroxylation is 1. The summed E-state index contributed by atoms with van der Waals surface area (Å²) < 4.78 is 6.65. The first-order valence-electron chi connectivity index (χ1n) is 4.27. The van der Waals surface area contributed by atoms with Crippen molar-refractivity contribution in [3.05, 3.63) is 28.5 Å². The van der Waals surface area contributed by atoms with Crippen molar-refractivity contribution in [1.82, 2.24) is 9.55 Å². The molecule has 74 valence electrons. The fourth-order valence-corrected chi connectivity index (χ4v) is 1.29. The molecule has 2 aromatic heterocycles. The van der Waals surface area contributed by atoms with Gasteiger partial charge < -0.3 is 14.1 Å². The van der Waals surface area contributed by atoms with E-state index in [1.807, 2.05) is 0 Å². The Bertz CT molecular complexity index is 512. The van der Waals surface area contributed by atoms with E-state index in [0.717, 1.165) is 5.39 Å². The molecule has 0 aliphatic carbocycles. The molecule has 5 heteroatoms. The molecule has 0 radical (unpaired) electrons. The van der Waals surface area contributed by atoms with Crippen LogP contribution in [-0.2, 0) is 13.5 Å². The van der Waals surface area contributed by atoms with E-state index in [-0.39, 0.29) is 12.3 Å². The highest BCUT2D eigenvalue weighted by Gasteiger charge is 2.05. The number of nitrogens with zero attached hydrogens (tertiary/aromatic N) is 2. The van der Waals surface area contributed by atoms with Gasteiger partial charge in [-0.15, -0.1) is 0 Å². The van der Waals surface area contributed by atoms with E-state index >= 15 is 0 Å². The minimum atomic E-state index is -0.345. The van der Waals surface area contributed by atoms with Crippen LogP contribution in [0.15, 0.2) is 21.5 Å². The predicted molar refractivity (Wildman–Crippen MR) is 50.0 cm³/mol.